The molecule has 0 aromatic rings. The maximum absolute atomic E-state index is 8.26. The summed E-state index contributed by atoms with van der Waals surface area (Å²) >= 11 is 5.53. The quantitative estimate of drug-likeness (QED) is 0.530. The van der Waals surface area contributed by atoms with Crippen LogP contribution in [0.1, 0.15) is 6.92 Å². The van der Waals surface area contributed by atoms with Crippen LogP contribution in [0.15, 0.2) is 0 Å². The summed E-state index contributed by atoms with van der Waals surface area (Å²) in [6, 6.07) is 1.88. The smallest absolute Gasteiger partial charge is 0.151 e. The second-order valence-electron chi connectivity index (χ2n) is 1.74. The van der Waals surface area contributed by atoms with Crippen molar-refractivity contribution in [3.63, 3.8) is 0 Å². The van der Waals surface area contributed by atoms with Crippen LogP contribution in [0.2, 0.25) is 0 Å². The molecule has 3 heteroatoms. The van der Waals surface area contributed by atoms with Gasteiger partial charge in [-0.2, -0.15) is 5.26 Å². The molecule has 0 saturated carbocycles. The Kier molecular flexibility index (Phi) is 2.81. The first kappa shape index (κ1) is 7.74. The molecule has 0 amide bonds. The number of halogens is 1. The highest BCUT2D eigenvalue weighted by Crippen LogP contribution is 2.11. The van der Waals surface area contributed by atoms with E-state index in [1.807, 2.05) is 6.07 Å². The largest absolute Gasteiger partial charge is 0.382 e. The van der Waals surface area contributed by atoms with Crippen molar-refractivity contribution in [2.45, 2.75) is 11.8 Å². The van der Waals surface area contributed by atoms with Gasteiger partial charge in [-0.3, -0.25) is 0 Å². The van der Waals surface area contributed by atoms with E-state index < -0.39 is 4.87 Å². The van der Waals surface area contributed by atoms with Crippen LogP contribution in [0.5, 0.6) is 0 Å². The van der Waals surface area contributed by atoms with E-state index in [1.165, 1.54) is 7.11 Å². The second-order valence-corrected chi connectivity index (χ2v) is 2.58. The summed E-state index contributed by atoms with van der Waals surface area (Å²) < 4.78 is 4.64. The third kappa shape index (κ3) is 2.84. The number of hydrogen-bond acceptors (Lipinski definition) is 2. The van der Waals surface area contributed by atoms with E-state index in [2.05, 4.69) is 4.74 Å². The first-order chi connectivity index (χ1) is 3.62. The van der Waals surface area contributed by atoms with Gasteiger partial charge in [0.2, 0.25) is 0 Å². The van der Waals surface area contributed by atoms with E-state index in [4.69, 9.17) is 16.9 Å². The molecule has 1 unspecified atom stereocenters. The molecular weight excluding hydrogens is 126 g/mol. The molecule has 0 bridgehead atoms. The van der Waals surface area contributed by atoms with Gasteiger partial charge in [0.05, 0.1) is 12.7 Å². The lowest BCUT2D eigenvalue weighted by Gasteiger charge is -2.08. The SMILES string of the molecule is COCC(C)(Cl)C#N. The highest BCUT2D eigenvalue weighted by molar-refractivity contribution is 6.25. The predicted molar refractivity (Wildman–Crippen MR) is 31.7 cm³/mol. The van der Waals surface area contributed by atoms with Crippen LogP contribution in [0.25, 0.3) is 0 Å². The Balaban J connectivity index is 3.59. The van der Waals surface area contributed by atoms with Gasteiger partial charge >= 0.3 is 0 Å². The molecule has 0 saturated heterocycles. The molecule has 0 aromatic heterocycles. The Morgan fingerprint density at radius 2 is 2.38 bits per heavy atom. The molecule has 0 aliphatic rings. The summed E-state index contributed by atoms with van der Waals surface area (Å²) in [5.74, 6) is 0. The molecule has 0 heterocycles. The Hall–Kier alpha value is -0.260. The van der Waals surface area contributed by atoms with E-state index in [-0.39, 0.29) is 6.61 Å². The minimum atomic E-state index is -0.852. The van der Waals surface area contributed by atoms with Crippen molar-refractivity contribution in [3.05, 3.63) is 0 Å². The molecule has 8 heavy (non-hydrogen) atoms. The fraction of sp³-hybridized carbons (Fsp3) is 0.800. The van der Waals surface area contributed by atoms with Crippen molar-refractivity contribution >= 4 is 11.6 Å². The van der Waals surface area contributed by atoms with Gasteiger partial charge in [-0.1, -0.05) is 0 Å². The topological polar surface area (TPSA) is 33.0 Å². The lowest BCUT2D eigenvalue weighted by molar-refractivity contribution is 0.186. The predicted octanol–water partition coefficient (Wildman–Crippen LogP) is 1.15. The molecule has 0 aromatic carbocycles. The van der Waals surface area contributed by atoms with Crippen LogP contribution in [0.4, 0.5) is 0 Å². The Bertz CT molecular complexity index is 105. The molecule has 0 aliphatic heterocycles. The number of nitriles is 1. The summed E-state index contributed by atoms with van der Waals surface area (Å²) in [6.07, 6.45) is 0. The second kappa shape index (κ2) is 2.91. The first-order valence-electron chi connectivity index (χ1n) is 2.21. The maximum Gasteiger partial charge on any atom is 0.151 e. The average molecular weight is 134 g/mol. The Morgan fingerprint density at radius 3 is 2.50 bits per heavy atom. The minimum absolute atomic E-state index is 0.269. The van der Waals surface area contributed by atoms with Gasteiger partial charge < -0.3 is 4.74 Å². The molecule has 0 fully saturated rings. The third-order valence-electron chi connectivity index (χ3n) is 0.649. The molecule has 0 N–H and O–H groups in total. The monoisotopic (exact) mass is 133 g/mol. The molecule has 0 rings (SSSR count). The lowest BCUT2D eigenvalue weighted by atomic mass is 10.2. The molecule has 1 atom stereocenters. The number of methoxy groups -OCH3 is 1. The lowest BCUT2D eigenvalue weighted by Crippen LogP contribution is -2.19. The third-order valence-corrected chi connectivity index (χ3v) is 0.842. The maximum atomic E-state index is 8.26. The minimum Gasteiger partial charge on any atom is -0.382 e. The standard InChI is InChI=1S/C5H8ClNO/c1-5(6,3-7)4-8-2/h4H2,1-2H3. The number of ether oxygens (including phenoxy) is 1. The van der Waals surface area contributed by atoms with Crippen molar-refractivity contribution in [1.29, 1.82) is 5.26 Å². The molecular formula is C5H8ClNO. The number of alkyl halides is 1. The van der Waals surface area contributed by atoms with E-state index in [0.29, 0.717) is 0 Å². The fourth-order valence-corrected chi connectivity index (χ4v) is 0.412. The van der Waals surface area contributed by atoms with Gasteiger partial charge in [-0.15, -0.1) is 11.6 Å². The molecule has 0 radical (unpaired) electrons. The fourth-order valence-electron chi connectivity index (χ4n) is 0.303. The number of rotatable bonds is 2. The Labute approximate surface area is 54.0 Å². The molecule has 0 aliphatic carbocycles. The van der Waals surface area contributed by atoms with Crippen LogP contribution >= 0.6 is 11.6 Å². The van der Waals surface area contributed by atoms with Crippen LogP contribution in [-0.4, -0.2) is 18.6 Å². The van der Waals surface area contributed by atoms with E-state index in [9.17, 15) is 0 Å². The average Bonchev–Trinajstić information content (AvgIpc) is 1.67. The summed E-state index contributed by atoms with van der Waals surface area (Å²) in [5.41, 5.74) is 0. The zero-order valence-corrected chi connectivity index (χ0v) is 5.70. The van der Waals surface area contributed by atoms with Crippen LogP contribution in [0, 0.1) is 11.3 Å². The molecule has 46 valence electrons. The van der Waals surface area contributed by atoms with Crippen molar-refractivity contribution in [1.82, 2.24) is 0 Å². The summed E-state index contributed by atoms with van der Waals surface area (Å²) in [4.78, 5) is -0.852. The van der Waals surface area contributed by atoms with Crippen LogP contribution in [0.3, 0.4) is 0 Å². The van der Waals surface area contributed by atoms with Gasteiger partial charge in [-0.25, -0.2) is 0 Å². The number of nitrogens with zero attached hydrogens (tertiary/aromatic N) is 1. The van der Waals surface area contributed by atoms with Crippen LogP contribution < -0.4 is 0 Å². The van der Waals surface area contributed by atoms with Gasteiger partial charge in [0.15, 0.2) is 4.87 Å². The zero-order valence-electron chi connectivity index (χ0n) is 4.94. The van der Waals surface area contributed by atoms with Gasteiger partial charge in [0, 0.05) is 7.11 Å². The first-order valence-corrected chi connectivity index (χ1v) is 2.59. The van der Waals surface area contributed by atoms with Crippen molar-refractivity contribution in [2.24, 2.45) is 0 Å². The van der Waals surface area contributed by atoms with Gasteiger partial charge in [-0.05, 0) is 6.92 Å². The molecule has 0 spiro atoms. The van der Waals surface area contributed by atoms with Crippen LogP contribution in [-0.2, 0) is 4.74 Å². The highest BCUT2D eigenvalue weighted by Gasteiger charge is 2.18. The number of hydrogen-bond donors (Lipinski definition) is 0. The normalized spacial score (nSPS) is 16.8. The van der Waals surface area contributed by atoms with Gasteiger partial charge in [0.1, 0.15) is 0 Å². The Morgan fingerprint density at radius 1 is 1.88 bits per heavy atom. The van der Waals surface area contributed by atoms with E-state index in [0.717, 1.165) is 0 Å². The van der Waals surface area contributed by atoms with Crippen molar-refractivity contribution < 1.29 is 4.74 Å². The summed E-state index contributed by atoms with van der Waals surface area (Å²) in [5, 5.41) is 8.26. The molecule has 2 nitrogen and oxygen atoms in total. The van der Waals surface area contributed by atoms with E-state index in [1.54, 1.807) is 6.92 Å². The highest BCUT2D eigenvalue weighted by atomic mass is 35.5. The van der Waals surface area contributed by atoms with Gasteiger partial charge in [0.25, 0.3) is 0 Å². The summed E-state index contributed by atoms with van der Waals surface area (Å²) in [6.45, 7) is 1.88. The van der Waals surface area contributed by atoms with Crippen molar-refractivity contribution in [2.75, 3.05) is 13.7 Å². The van der Waals surface area contributed by atoms with Crippen molar-refractivity contribution in [3.8, 4) is 6.07 Å². The summed E-state index contributed by atoms with van der Waals surface area (Å²) in [7, 11) is 1.51. The zero-order chi connectivity index (χ0) is 6.62. The van der Waals surface area contributed by atoms with E-state index >= 15 is 0 Å².